The minimum atomic E-state index is 0.338. The number of nitrogens with one attached hydrogen (secondary N) is 1. The van der Waals surface area contributed by atoms with Gasteiger partial charge in [0, 0.05) is 24.0 Å². The van der Waals surface area contributed by atoms with Crippen molar-refractivity contribution < 1.29 is 4.74 Å². The van der Waals surface area contributed by atoms with Crippen LogP contribution in [0.4, 0.5) is 0 Å². The van der Waals surface area contributed by atoms with E-state index in [9.17, 15) is 0 Å². The second-order valence-corrected chi connectivity index (χ2v) is 7.04. The maximum absolute atomic E-state index is 5.92. The Kier molecular flexibility index (Phi) is 4.79. The van der Waals surface area contributed by atoms with Crippen molar-refractivity contribution in [1.82, 2.24) is 5.32 Å². The van der Waals surface area contributed by atoms with Crippen LogP contribution in [-0.2, 0) is 4.74 Å². The largest absolute Gasteiger partial charge is 0.377 e. The lowest BCUT2D eigenvalue weighted by Crippen LogP contribution is -2.69. The van der Waals surface area contributed by atoms with Crippen LogP contribution in [0.15, 0.2) is 0 Å². The van der Waals surface area contributed by atoms with Gasteiger partial charge in [-0.25, -0.2) is 0 Å². The molecule has 0 bridgehead atoms. The number of hydrogen-bond donors (Lipinski definition) is 1. The zero-order chi connectivity index (χ0) is 12.3. The van der Waals surface area contributed by atoms with E-state index in [1.54, 1.807) is 0 Å². The Hall–Kier alpha value is 0.270. The highest BCUT2D eigenvalue weighted by Gasteiger charge is 2.57. The molecule has 1 aliphatic carbocycles. The molecule has 2 fully saturated rings. The van der Waals surface area contributed by atoms with Crippen LogP contribution in [0.3, 0.4) is 0 Å². The van der Waals surface area contributed by atoms with Crippen LogP contribution >= 0.6 is 11.8 Å². The smallest absolute Gasteiger partial charge is 0.0684 e. The van der Waals surface area contributed by atoms with Crippen molar-refractivity contribution in [2.75, 3.05) is 25.2 Å². The maximum Gasteiger partial charge on any atom is 0.0684 e. The molecule has 0 aromatic rings. The van der Waals surface area contributed by atoms with E-state index in [1.807, 2.05) is 11.8 Å². The fourth-order valence-corrected chi connectivity index (χ4v) is 4.06. The van der Waals surface area contributed by atoms with Crippen molar-refractivity contribution in [2.24, 2.45) is 11.3 Å². The summed E-state index contributed by atoms with van der Waals surface area (Å²) < 4.78 is 5.92. The van der Waals surface area contributed by atoms with Crippen molar-refractivity contribution in [3.8, 4) is 0 Å². The van der Waals surface area contributed by atoms with E-state index in [-0.39, 0.29) is 0 Å². The molecule has 0 radical (unpaired) electrons. The standard InChI is InChI=1S/C14H27NOS/c1-14(2)12(15-8-4-5-10-17-3)11-7-6-9-16-13(11)14/h11-13,15H,4-10H2,1-3H3/t11-,12+,13+/m0/s1. The molecule has 2 nitrogen and oxygen atoms in total. The predicted molar refractivity (Wildman–Crippen MR) is 75.7 cm³/mol. The van der Waals surface area contributed by atoms with E-state index in [2.05, 4.69) is 25.4 Å². The highest BCUT2D eigenvalue weighted by atomic mass is 32.2. The molecule has 0 aromatic heterocycles. The summed E-state index contributed by atoms with van der Waals surface area (Å²) >= 11 is 1.95. The Bertz CT molecular complexity index is 244. The van der Waals surface area contributed by atoms with Gasteiger partial charge in [-0.05, 0) is 44.2 Å². The molecule has 100 valence electrons. The molecule has 1 aliphatic heterocycles. The summed E-state index contributed by atoms with van der Waals surface area (Å²) in [7, 11) is 0. The molecule has 1 saturated carbocycles. The fraction of sp³-hybridized carbons (Fsp3) is 1.00. The number of thioether (sulfide) groups is 1. The molecule has 1 N–H and O–H groups in total. The van der Waals surface area contributed by atoms with Gasteiger partial charge in [-0.1, -0.05) is 13.8 Å². The lowest BCUT2D eigenvalue weighted by molar-refractivity contribution is -0.192. The zero-order valence-corrected chi connectivity index (χ0v) is 12.3. The Morgan fingerprint density at radius 1 is 1.35 bits per heavy atom. The number of unbranched alkanes of at least 4 members (excludes halogenated alkanes) is 1. The van der Waals surface area contributed by atoms with Crippen molar-refractivity contribution >= 4 is 11.8 Å². The van der Waals surface area contributed by atoms with Crippen molar-refractivity contribution in [2.45, 2.75) is 51.7 Å². The maximum atomic E-state index is 5.92. The Labute approximate surface area is 110 Å². The van der Waals surface area contributed by atoms with E-state index in [0.29, 0.717) is 17.6 Å². The van der Waals surface area contributed by atoms with Gasteiger partial charge in [-0.3, -0.25) is 0 Å². The van der Waals surface area contributed by atoms with Gasteiger partial charge in [-0.2, -0.15) is 11.8 Å². The highest BCUT2D eigenvalue weighted by molar-refractivity contribution is 7.98. The summed E-state index contributed by atoms with van der Waals surface area (Å²) in [6, 6.07) is 0.682. The predicted octanol–water partition coefficient (Wildman–Crippen LogP) is 2.92. The van der Waals surface area contributed by atoms with Gasteiger partial charge in [-0.15, -0.1) is 0 Å². The zero-order valence-electron chi connectivity index (χ0n) is 11.5. The van der Waals surface area contributed by atoms with Crippen LogP contribution in [0, 0.1) is 11.3 Å². The molecule has 3 atom stereocenters. The van der Waals surface area contributed by atoms with E-state index in [0.717, 1.165) is 12.5 Å². The molecule has 3 heteroatoms. The molecular formula is C14H27NOS. The van der Waals surface area contributed by atoms with Crippen LogP contribution in [-0.4, -0.2) is 37.3 Å². The highest BCUT2D eigenvalue weighted by Crippen LogP contribution is 2.51. The number of ether oxygens (including phenoxy) is 1. The van der Waals surface area contributed by atoms with Gasteiger partial charge in [0.1, 0.15) is 0 Å². The Morgan fingerprint density at radius 3 is 2.94 bits per heavy atom. The van der Waals surface area contributed by atoms with Crippen molar-refractivity contribution in [3.05, 3.63) is 0 Å². The first kappa shape index (κ1) is 13.7. The van der Waals surface area contributed by atoms with Gasteiger partial charge >= 0.3 is 0 Å². The monoisotopic (exact) mass is 257 g/mol. The van der Waals surface area contributed by atoms with Gasteiger partial charge in [0.2, 0.25) is 0 Å². The minimum absolute atomic E-state index is 0.338. The molecule has 1 heterocycles. The van der Waals surface area contributed by atoms with Crippen LogP contribution in [0.2, 0.25) is 0 Å². The summed E-state index contributed by atoms with van der Waals surface area (Å²) in [5.41, 5.74) is 0.338. The summed E-state index contributed by atoms with van der Waals surface area (Å²) in [6.45, 7) is 6.88. The third kappa shape index (κ3) is 2.82. The van der Waals surface area contributed by atoms with Crippen LogP contribution in [0.25, 0.3) is 0 Å². The topological polar surface area (TPSA) is 21.3 Å². The van der Waals surface area contributed by atoms with Gasteiger partial charge < -0.3 is 10.1 Å². The third-order valence-corrected chi connectivity index (χ3v) is 5.17. The molecule has 0 aromatic carbocycles. The van der Waals surface area contributed by atoms with Crippen molar-refractivity contribution in [3.63, 3.8) is 0 Å². The summed E-state index contributed by atoms with van der Waals surface area (Å²) in [5.74, 6) is 2.07. The quantitative estimate of drug-likeness (QED) is 0.739. The van der Waals surface area contributed by atoms with Gasteiger partial charge in [0.25, 0.3) is 0 Å². The van der Waals surface area contributed by atoms with Crippen LogP contribution < -0.4 is 5.32 Å². The van der Waals surface area contributed by atoms with Crippen LogP contribution in [0.5, 0.6) is 0 Å². The molecule has 0 amide bonds. The van der Waals surface area contributed by atoms with Gasteiger partial charge in [0.05, 0.1) is 6.10 Å². The summed E-state index contributed by atoms with van der Waals surface area (Å²) in [4.78, 5) is 0. The summed E-state index contributed by atoms with van der Waals surface area (Å²) in [6.07, 6.45) is 7.96. The molecule has 2 aliphatic rings. The molecule has 0 unspecified atom stereocenters. The van der Waals surface area contributed by atoms with E-state index in [1.165, 1.54) is 38.0 Å². The molecule has 17 heavy (non-hydrogen) atoms. The van der Waals surface area contributed by atoms with Crippen LogP contribution in [0.1, 0.15) is 39.5 Å². The Balaban J connectivity index is 1.72. The molecule has 2 rings (SSSR count). The van der Waals surface area contributed by atoms with E-state index < -0.39 is 0 Å². The van der Waals surface area contributed by atoms with Gasteiger partial charge in [0.15, 0.2) is 0 Å². The average Bonchev–Trinajstić information content (AvgIpc) is 2.33. The summed E-state index contributed by atoms with van der Waals surface area (Å²) in [5, 5.41) is 3.78. The number of fused-ring (bicyclic) bond motifs is 1. The minimum Gasteiger partial charge on any atom is -0.377 e. The fourth-order valence-electron chi connectivity index (χ4n) is 3.57. The number of hydrogen-bond acceptors (Lipinski definition) is 3. The van der Waals surface area contributed by atoms with E-state index in [4.69, 9.17) is 4.74 Å². The average molecular weight is 257 g/mol. The third-order valence-electron chi connectivity index (χ3n) is 4.47. The second-order valence-electron chi connectivity index (χ2n) is 6.05. The van der Waals surface area contributed by atoms with Crippen molar-refractivity contribution in [1.29, 1.82) is 0 Å². The lowest BCUT2D eigenvalue weighted by Gasteiger charge is -2.60. The number of rotatable bonds is 6. The molecular weight excluding hydrogens is 230 g/mol. The second kappa shape index (κ2) is 5.94. The first-order chi connectivity index (χ1) is 8.18. The van der Waals surface area contributed by atoms with E-state index >= 15 is 0 Å². The first-order valence-electron chi connectivity index (χ1n) is 7.02. The molecule has 0 spiro atoms. The normalized spacial score (nSPS) is 35.1. The first-order valence-corrected chi connectivity index (χ1v) is 8.41. The SMILES string of the molecule is CSCCCCN[C@@H]1[C@@H]2CCCO[C@H]2C1(C)C. The lowest BCUT2D eigenvalue weighted by atomic mass is 9.55. The Morgan fingerprint density at radius 2 is 2.18 bits per heavy atom. The molecule has 1 saturated heterocycles.